The van der Waals surface area contributed by atoms with Crippen LogP contribution in [0.15, 0.2) is 0 Å². The van der Waals surface area contributed by atoms with Gasteiger partial charge in [0.15, 0.2) is 0 Å². The smallest absolute Gasteiger partial charge is 0.314 e. The standard InChI is InChI=1S/C12H28N4O/c1-5-13-8-12(4,9-14-6-2)10-16-11(17)15-7-3/h13-14H,5-10H2,1-4H3,(H2,15,16,17). The quantitative estimate of drug-likeness (QED) is 0.478. The summed E-state index contributed by atoms with van der Waals surface area (Å²) in [6.07, 6.45) is 0. The molecule has 0 fully saturated rings. The maximum absolute atomic E-state index is 11.4. The van der Waals surface area contributed by atoms with Gasteiger partial charge in [-0.15, -0.1) is 0 Å². The fraction of sp³-hybridized carbons (Fsp3) is 0.917. The molecule has 0 radical (unpaired) electrons. The van der Waals surface area contributed by atoms with Gasteiger partial charge in [-0.05, 0) is 20.0 Å². The van der Waals surface area contributed by atoms with Gasteiger partial charge >= 0.3 is 6.03 Å². The largest absolute Gasteiger partial charge is 0.338 e. The van der Waals surface area contributed by atoms with Crippen molar-refractivity contribution in [2.75, 3.05) is 39.3 Å². The molecule has 0 saturated carbocycles. The second kappa shape index (κ2) is 9.24. The number of carbonyl (C=O) groups excluding carboxylic acids is 1. The molecule has 0 saturated heterocycles. The molecule has 0 aromatic rings. The van der Waals surface area contributed by atoms with Crippen LogP contribution in [0.5, 0.6) is 0 Å². The number of hydrogen-bond donors (Lipinski definition) is 4. The Labute approximate surface area is 105 Å². The number of rotatable bonds is 9. The zero-order valence-corrected chi connectivity index (χ0v) is 11.7. The van der Waals surface area contributed by atoms with Crippen molar-refractivity contribution in [1.82, 2.24) is 21.3 Å². The Hall–Kier alpha value is -0.810. The van der Waals surface area contributed by atoms with E-state index in [0.29, 0.717) is 13.1 Å². The van der Waals surface area contributed by atoms with Crippen LogP contribution in [0.25, 0.3) is 0 Å². The van der Waals surface area contributed by atoms with Crippen molar-refractivity contribution in [2.45, 2.75) is 27.7 Å². The molecule has 0 unspecified atom stereocenters. The van der Waals surface area contributed by atoms with E-state index in [9.17, 15) is 4.79 Å². The van der Waals surface area contributed by atoms with Crippen molar-refractivity contribution in [2.24, 2.45) is 5.41 Å². The molecule has 0 aromatic carbocycles. The van der Waals surface area contributed by atoms with Crippen molar-refractivity contribution in [3.63, 3.8) is 0 Å². The highest BCUT2D eigenvalue weighted by Gasteiger charge is 2.23. The van der Waals surface area contributed by atoms with E-state index >= 15 is 0 Å². The third kappa shape index (κ3) is 7.99. The summed E-state index contributed by atoms with van der Waals surface area (Å²) in [6.45, 7) is 13.3. The normalized spacial score (nSPS) is 11.3. The van der Waals surface area contributed by atoms with Crippen molar-refractivity contribution in [3.05, 3.63) is 0 Å². The monoisotopic (exact) mass is 244 g/mol. The number of carbonyl (C=O) groups is 1. The van der Waals surface area contributed by atoms with Gasteiger partial charge in [-0.25, -0.2) is 4.79 Å². The third-order valence-electron chi connectivity index (χ3n) is 2.62. The Morgan fingerprint density at radius 1 is 0.882 bits per heavy atom. The molecule has 0 aliphatic carbocycles. The van der Waals surface area contributed by atoms with Crippen LogP contribution in [0.2, 0.25) is 0 Å². The summed E-state index contributed by atoms with van der Waals surface area (Å²) in [5.41, 5.74) is 0.0388. The Morgan fingerprint density at radius 3 is 1.82 bits per heavy atom. The lowest BCUT2D eigenvalue weighted by molar-refractivity contribution is 0.228. The van der Waals surface area contributed by atoms with Crippen molar-refractivity contribution < 1.29 is 4.79 Å². The first kappa shape index (κ1) is 16.2. The molecule has 17 heavy (non-hydrogen) atoms. The predicted octanol–water partition coefficient (Wildman–Crippen LogP) is 0.531. The number of nitrogens with one attached hydrogen (secondary N) is 4. The lowest BCUT2D eigenvalue weighted by Gasteiger charge is -2.30. The molecule has 0 atom stereocenters. The van der Waals surface area contributed by atoms with E-state index in [-0.39, 0.29) is 11.4 Å². The SMILES string of the molecule is CCNCC(C)(CNCC)CNC(=O)NCC. The molecule has 0 spiro atoms. The van der Waals surface area contributed by atoms with Gasteiger partial charge in [0.25, 0.3) is 0 Å². The van der Waals surface area contributed by atoms with E-state index in [1.165, 1.54) is 0 Å². The van der Waals surface area contributed by atoms with Crippen LogP contribution in [0, 0.1) is 5.41 Å². The summed E-state index contributed by atoms with van der Waals surface area (Å²) in [5, 5.41) is 12.3. The Balaban J connectivity index is 4.11. The minimum atomic E-state index is -0.0910. The molecular weight excluding hydrogens is 216 g/mol. The molecule has 0 heterocycles. The fourth-order valence-corrected chi connectivity index (χ4v) is 1.56. The van der Waals surface area contributed by atoms with Crippen molar-refractivity contribution in [3.8, 4) is 0 Å². The van der Waals surface area contributed by atoms with Crippen LogP contribution >= 0.6 is 0 Å². The first-order valence-corrected chi connectivity index (χ1v) is 6.51. The first-order valence-electron chi connectivity index (χ1n) is 6.51. The number of amides is 2. The summed E-state index contributed by atoms with van der Waals surface area (Å²) >= 11 is 0. The van der Waals surface area contributed by atoms with Gasteiger partial charge in [0.05, 0.1) is 0 Å². The molecule has 0 aromatic heterocycles. The van der Waals surface area contributed by atoms with E-state index in [2.05, 4.69) is 42.0 Å². The zero-order valence-electron chi connectivity index (χ0n) is 11.7. The summed E-state index contributed by atoms with van der Waals surface area (Å²) in [5.74, 6) is 0. The molecular formula is C12H28N4O. The second-order valence-corrected chi connectivity index (χ2v) is 4.58. The molecule has 0 aliphatic heterocycles. The maximum Gasteiger partial charge on any atom is 0.314 e. The van der Waals surface area contributed by atoms with Gasteiger partial charge in [0.1, 0.15) is 0 Å². The fourth-order valence-electron chi connectivity index (χ4n) is 1.56. The lowest BCUT2D eigenvalue weighted by atomic mass is 9.90. The molecule has 2 amide bonds. The van der Waals surface area contributed by atoms with Crippen molar-refractivity contribution in [1.29, 1.82) is 0 Å². The van der Waals surface area contributed by atoms with E-state index in [0.717, 1.165) is 26.2 Å². The van der Waals surface area contributed by atoms with Gasteiger partial charge in [-0.3, -0.25) is 0 Å². The predicted molar refractivity (Wildman–Crippen MR) is 72.3 cm³/mol. The summed E-state index contributed by atoms with van der Waals surface area (Å²) in [7, 11) is 0. The molecule has 4 N–H and O–H groups in total. The van der Waals surface area contributed by atoms with Crippen molar-refractivity contribution >= 4 is 6.03 Å². The maximum atomic E-state index is 11.4. The average molecular weight is 244 g/mol. The first-order chi connectivity index (χ1) is 8.08. The van der Waals surface area contributed by atoms with Gasteiger partial charge in [-0.1, -0.05) is 20.8 Å². The highest BCUT2D eigenvalue weighted by molar-refractivity contribution is 5.73. The Morgan fingerprint density at radius 2 is 1.41 bits per heavy atom. The zero-order chi connectivity index (χ0) is 13.1. The van der Waals surface area contributed by atoms with Gasteiger partial charge in [0, 0.05) is 31.6 Å². The number of hydrogen-bond acceptors (Lipinski definition) is 3. The Bertz CT molecular complexity index is 201. The molecule has 0 aliphatic rings. The molecule has 102 valence electrons. The van der Waals surface area contributed by atoms with Gasteiger partial charge in [0.2, 0.25) is 0 Å². The van der Waals surface area contributed by atoms with Crippen LogP contribution < -0.4 is 21.3 Å². The minimum Gasteiger partial charge on any atom is -0.338 e. The minimum absolute atomic E-state index is 0.0388. The van der Waals surface area contributed by atoms with Gasteiger partial charge < -0.3 is 21.3 Å². The van der Waals surface area contributed by atoms with E-state index in [1.54, 1.807) is 0 Å². The number of urea groups is 1. The Kier molecular flexibility index (Phi) is 8.80. The molecule has 5 heteroatoms. The van der Waals surface area contributed by atoms with E-state index in [4.69, 9.17) is 0 Å². The molecule has 0 bridgehead atoms. The molecule has 5 nitrogen and oxygen atoms in total. The second-order valence-electron chi connectivity index (χ2n) is 4.58. The summed E-state index contributed by atoms with van der Waals surface area (Å²) < 4.78 is 0. The van der Waals surface area contributed by atoms with Crippen LogP contribution in [0.1, 0.15) is 27.7 Å². The van der Waals surface area contributed by atoms with Crippen LogP contribution in [0.4, 0.5) is 4.79 Å². The van der Waals surface area contributed by atoms with E-state index < -0.39 is 0 Å². The lowest BCUT2D eigenvalue weighted by Crippen LogP contribution is -2.49. The molecule has 0 rings (SSSR count). The van der Waals surface area contributed by atoms with Crippen LogP contribution in [0.3, 0.4) is 0 Å². The summed E-state index contributed by atoms with van der Waals surface area (Å²) in [4.78, 5) is 11.4. The van der Waals surface area contributed by atoms with Gasteiger partial charge in [-0.2, -0.15) is 0 Å². The van der Waals surface area contributed by atoms with Crippen LogP contribution in [-0.2, 0) is 0 Å². The third-order valence-corrected chi connectivity index (χ3v) is 2.62. The highest BCUT2D eigenvalue weighted by atomic mass is 16.2. The highest BCUT2D eigenvalue weighted by Crippen LogP contribution is 2.12. The summed E-state index contributed by atoms with van der Waals surface area (Å²) in [6, 6.07) is -0.0910. The van der Waals surface area contributed by atoms with Crippen LogP contribution in [-0.4, -0.2) is 45.3 Å². The van der Waals surface area contributed by atoms with E-state index in [1.807, 2.05) is 6.92 Å². The topological polar surface area (TPSA) is 65.2 Å². The average Bonchev–Trinajstić information content (AvgIpc) is 2.32.